The smallest absolute Gasteiger partial charge is 0.222 e. The van der Waals surface area contributed by atoms with Crippen molar-refractivity contribution in [2.45, 2.75) is 24.9 Å². The van der Waals surface area contributed by atoms with Crippen molar-refractivity contribution in [3.63, 3.8) is 0 Å². The number of rotatable bonds is 2. The molecule has 0 atom stereocenters. The molecule has 1 aliphatic rings. The monoisotopic (exact) mass is 242 g/mol. The van der Waals surface area contributed by atoms with Crippen molar-refractivity contribution >= 4 is 21.9 Å². The van der Waals surface area contributed by atoms with Crippen LogP contribution in [0.25, 0.3) is 0 Å². The molecule has 5 heteroatoms. The van der Waals surface area contributed by atoms with Gasteiger partial charge in [0, 0.05) is 24.5 Å². The Balaban J connectivity index is 1.91. The van der Waals surface area contributed by atoms with Crippen molar-refractivity contribution in [1.29, 1.82) is 0 Å². The average Bonchev–Trinajstić information content (AvgIpc) is 2.06. The molecule has 13 heavy (non-hydrogen) atoms. The molecule has 1 aliphatic carbocycles. The van der Waals surface area contributed by atoms with Gasteiger partial charge in [-0.25, -0.2) is 9.97 Å². The van der Waals surface area contributed by atoms with Crippen molar-refractivity contribution in [3.05, 3.63) is 16.9 Å². The Labute approximate surface area is 85.1 Å². The standard InChI is InChI=1S/C8H11BrN4/c9-5-3-11-8(12-4-5)13-7-1-6(10)2-7/h3-4,6-7H,1-2,10H2,(H,11,12,13). The molecule has 1 heterocycles. The first-order valence-corrected chi connectivity index (χ1v) is 5.03. The van der Waals surface area contributed by atoms with Gasteiger partial charge in [-0.15, -0.1) is 0 Å². The normalized spacial score (nSPS) is 26.6. The molecule has 0 spiro atoms. The van der Waals surface area contributed by atoms with Gasteiger partial charge in [0.15, 0.2) is 0 Å². The quantitative estimate of drug-likeness (QED) is 0.817. The first kappa shape index (κ1) is 8.90. The molecule has 0 bridgehead atoms. The van der Waals surface area contributed by atoms with Crippen LogP contribution in [0.2, 0.25) is 0 Å². The summed E-state index contributed by atoms with van der Waals surface area (Å²) in [5, 5.41) is 3.21. The maximum atomic E-state index is 5.66. The number of nitrogens with zero attached hydrogens (tertiary/aromatic N) is 2. The fourth-order valence-electron chi connectivity index (χ4n) is 1.35. The van der Waals surface area contributed by atoms with Crippen LogP contribution in [0.3, 0.4) is 0 Å². The maximum absolute atomic E-state index is 5.66. The highest BCUT2D eigenvalue weighted by atomic mass is 79.9. The summed E-state index contributed by atoms with van der Waals surface area (Å²) >= 11 is 3.28. The Morgan fingerprint density at radius 3 is 2.54 bits per heavy atom. The summed E-state index contributed by atoms with van der Waals surface area (Å²) in [7, 11) is 0. The van der Waals surface area contributed by atoms with Crippen LogP contribution in [0, 0.1) is 0 Å². The van der Waals surface area contributed by atoms with Crippen LogP contribution in [-0.2, 0) is 0 Å². The SMILES string of the molecule is NC1CC(Nc2ncc(Br)cn2)C1. The molecule has 0 amide bonds. The van der Waals surface area contributed by atoms with Gasteiger partial charge < -0.3 is 11.1 Å². The van der Waals surface area contributed by atoms with E-state index in [1.165, 1.54) is 0 Å². The van der Waals surface area contributed by atoms with E-state index in [4.69, 9.17) is 5.73 Å². The Hall–Kier alpha value is -0.680. The van der Waals surface area contributed by atoms with Crippen molar-refractivity contribution in [2.75, 3.05) is 5.32 Å². The fourth-order valence-corrected chi connectivity index (χ4v) is 1.55. The molecule has 1 fully saturated rings. The van der Waals surface area contributed by atoms with E-state index in [1.54, 1.807) is 12.4 Å². The third kappa shape index (κ3) is 2.16. The van der Waals surface area contributed by atoms with Gasteiger partial charge in [-0.1, -0.05) is 0 Å². The average molecular weight is 243 g/mol. The van der Waals surface area contributed by atoms with Gasteiger partial charge in [0.2, 0.25) is 5.95 Å². The van der Waals surface area contributed by atoms with Crippen LogP contribution in [0.4, 0.5) is 5.95 Å². The molecular weight excluding hydrogens is 232 g/mol. The van der Waals surface area contributed by atoms with Gasteiger partial charge in [0.1, 0.15) is 0 Å². The third-order valence-corrected chi connectivity index (χ3v) is 2.54. The summed E-state index contributed by atoms with van der Waals surface area (Å²) in [6.07, 6.45) is 5.49. The Bertz CT molecular complexity index is 281. The molecule has 3 N–H and O–H groups in total. The minimum Gasteiger partial charge on any atom is -0.351 e. The number of nitrogens with two attached hydrogens (primary N) is 1. The van der Waals surface area contributed by atoms with E-state index in [2.05, 4.69) is 31.2 Å². The Morgan fingerprint density at radius 1 is 1.38 bits per heavy atom. The summed E-state index contributed by atoms with van der Waals surface area (Å²) in [6.45, 7) is 0. The molecule has 1 saturated carbocycles. The first-order valence-electron chi connectivity index (χ1n) is 4.23. The zero-order valence-electron chi connectivity index (χ0n) is 7.07. The highest BCUT2D eigenvalue weighted by molar-refractivity contribution is 9.10. The third-order valence-electron chi connectivity index (χ3n) is 2.13. The van der Waals surface area contributed by atoms with Crippen LogP contribution >= 0.6 is 15.9 Å². The second kappa shape index (κ2) is 3.59. The lowest BCUT2D eigenvalue weighted by Gasteiger charge is -2.32. The predicted octanol–water partition coefficient (Wildman–Crippen LogP) is 1.14. The van der Waals surface area contributed by atoms with E-state index < -0.39 is 0 Å². The van der Waals surface area contributed by atoms with E-state index in [0.717, 1.165) is 17.3 Å². The Morgan fingerprint density at radius 2 is 2.00 bits per heavy atom. The summed E-state index contributed by atoms with van der Waals surface area (Å²) in [6, 6.07) is 0.809. The minimum absolute atomic E-state index is 0.355. The van der Waals surface area contributed by atoms with Gasteiger partial charge >= 0.3 is 0 Å². The van der Waals surface area contributed by atoms with Crippen LogP contribution < -0.4 is 11.1 Å². The van der Waals surface area contributed by atoms with Crippen LogP contribution in [0.5, 0.6) is 0 Å². The molecule has 1 aromatic rings. The number of halogens is 1. The van der Waals surface area contributed by atoms with Gasteiger partial charge in [-0.3, -0.25) is 0 Å². The zero-order valence-corrected chi connectivity index (χ0v) is 8.66. The molecule has 0 aromatic carbocycles. The second-order valence-electron chi connectivity index (χ2n) is 3.30. The molecule has 4 nitrogen and oxygen atoms in total. The van der Waals surface area contributed by atoms with Crippen molar-refractivity contribution in [3.8, 4) is 0 Å². The lowest BCUT2D eigenvalue weighted by Crippen LogP contribution is -2.44. The zero-order chi connectivity index (χ0) is 9.26. The number of hydrogen-bond acceptors (Lipinski definition) is 4. The number of hydrogen-bond donors (Lipinski definition) is 2. The molecule has 0 saturated heterocycles. The summed E-state index contributed by atoms with van der Waals surface area (Å²) in [4.78, 5) is 8.23. The van der Waals surface area contributed by atoms with Crippen molar-refractivity contribution in [2.24, 2.45) is 5.73 Å². The molecule has 70 valence electrons. The molecule has 0 aliphatic heterocycles. The van der Waals surface area contributed by atoms with E-state index in [1.807, 2.05) is 0 Å². The summed E-state index contributed by atoms with van der Waals surface area (Å²) in [5.74, 6) is 0.681. The van der Waals surface area contributed by atoms with E-state index in [0.29, 0.717) is 18.0 Å². The molecule has 0 radical (unpaired) electrons. The topological polar surface area (TPSA) is 63.8 Å². The number of anilines is 1. The largest absolute Gasteiger partial charge is 0.351 e. The molecule has 0 unspecified atom stereocenters. The molecular formula is C8H11BrN4. The van der Waals surface area contributed by atoms with E-state index in [9.17, 15) is 0 Å². The van der Waals surface area contributed by atoms with Crippen molar-refractivity contribution < 1.29 is 0 Å². The summed E-state index contributed by atoms with van der Waals surface area (Å²) < 4.78 is 0.892. The highest BCUT2D eigenvalue weighted by Crippen LogP contribution is 2.20. The summed E-state index contributed by atoms with van der Waals surface area (Å²) in [5.41, 5.74) is 5.66. The Kier molecular flexibility index (Phi) is 2.46. The van der Waals surface area contributed by atoms with Crippen LogP contribution in [0.1, 0.15) is 12.8 Å². The van der Waals surface area contributed by atoms with Crippen LogP contribution in [0.15, 0.2) is 16.9 Å². The molecule has 2 rings (SSSR count). The lowest BCUT2D eigenvalue weighted by molar-refractivity contribution is 0.372. The second-order valence-corrected chi connectivity index (χ2v) is 4.21. The maximum Gasteiger partial charge on any atom is 0.222 e. The van der Waals surface area contributed by atoms with E-state index in [-0.39, 0.29) is 0 Å². The van der Waals surface area contributed by atoms with Crippen molar-refractivity contribution in [1.82, 2.24) is 9.97 Å². The van der Waals surface area contributed by atoms with Gasteiger partial charge in [-0.05, 0) is 28.8 Å². The van der Waals surface area contributed by atoms with Crippen LogP contribution in [-0.4, -0.2) is 22.1 Å². The number of nitrogens with one attached hydrogen (secondary N) is 1. The molecule has 1 aromatic heterocycles. The van der Waals surface area contributed by atoms with Gasteiger partial charge in [0.05, 0.1) is 4.47 Å². The minimum atomic E-state index is 0.355. The fraction of sp³-hybridized carbons (Fsp3) is 0.500. The predicted molar refractivity (Wildman–Crippen MR) is 54.4 cm³/mol. The highest BCUT2D eigenvalue weighted by Gasteiger charge is 2.25. The van der Waals surface area contributed by atoms with E-state index >= 15 is 0 Å². The van der Waals surface area contributed by atoms with Gasteiger partial charge in [0.25, 0.3) is 0 Å². The number of aromatic nitrogens is 2. The lowest BCUT2D eigenvalue weighted by atomic mass is 9.88. The van der Waals surface area contributed by atoms with Gasteiger partial charge in [-0.2, -0.15) is 0 Å². The first-order chi connectivity index (χ1) is 6.24.